The van der Waals surface area contributed by atoms with Crippen molar-refractivity contribution in [2.45, 2.75) is 56.4 Å². The molecule has 2 nitrogen and oxygen atoms in total. The lowest BCUT2D eigenvalue weighted by atomic mass is 9.96. The van der Waals surface area contributed by atoms with Crippen molar-refractivity contribution in [3.05, 3.63) is 23.9 Å². The number of thioether (sulfide) groups is 1. The minimum absolute atomic E-state index is 0.582. The van der Waals surface area contributed by atoms with Gasteiger partial charge in [0.25, 0.3) is 0 Å². The van der Waals surface area contributed by atoms with E-state index >= 15 is 0 Å². The second kappa shape index (κ2) is 6.58. The fraction of sp³-hybridized carbons (Fsp3) is 0.667. The Kier molecular flexibility index (Phi) is 5.07. The van der Waals surface area contributed by atoms with E-state index in [4.69, 9.17) is 0 Å². The van der Waals surface area contributed by atoms with Crippen molar-refractivity contribution < 1.29 is 0 Å². The molecule has 100 valence electrons. The molecule has 1 aromatic heterocycles. The van der Waals surface area contributed by atoms with Gasteiger partial charge in [-0.15, -0.1) is 11.8 Å². The molecule has 1 atom stereocenters. The van der Waals surface area contributed by atoms with Crippen LogP contribution < -0.4 is 0 Å². The van der Waals surface area contributed by atoms with Crippen LogP contribution in [-0.2, 0) is 0 Å². The molecule has 1 saturated heterocycles. The van der Waals surface area contributed by atoms with Crippen molar-refractivity contribution in [1.82, 2.24) is 9.88 Å². The smallest absolute Gasteiger partial charge is 0.101 e. The second-order valence-corrected chi connectivity index (χ2v) is 6.77. The normalized spacial score (nSPS) is 21.4. The van der Waals surface area contributed by atoms with Gasteiger partial charge in [0, 0.05) is 23.1 Å². The van der Waals surface area contributed by atoms with Crippen molar-refractivity contribution >= 4 is 11.8 Å². The van der Waals surface area contributed by atoms with Crippen LogP contribution in [0.5, 0.6) is 0 Å². The Morgan fingerprint density at radius 3 is 3.00 bits per heavy atom. The first-order valence-electron chi connectivity index (χ1n) is 7.08. The summed E-state index contributed by atoms with van der Waals surface area (Å²) < 4.78 is 0. The summed E-state index contributed by atoms with van der Waals surface area (Å²) in [7, 11) is 0. The van der Waals surface area contributed by atoms with E-state index in [2.05, 4.69) is 42.8 Å². The molecule has 2 rings (SSSR count). The number of pyridine rings is 1. The molecule has 0 bridgehead atoms. The summed E-state index contributed by atoms with van der Waals surface area (Å²) in [5, 5.41) is 1.83. The highest BCUT2D eigenvalue weighted by Crippen LogP contribution is 2.36. The third-order valence-electron chi connectivity index (χ3n) is 3.53. The van der Waals surface area contributed by atoms with Gasteiger partial charge < -0.3 is 0 Å². The minimum Gasteiger partial charge on any atom is -0.297 e. The maximum absolute atomic E-state index is 4.60. The number of aromatic nitrogens is 1. The third-order valence-corrected chi connectivity index (χ3v) is 4.56. The van der Waals surface area contributed by atoms with Crippen molar-refractivity contribution in [2.24, 2.45) is 0 Å². The summed E-state index contributed by atoms with van der Waals surface area (Å²) in [6, 6.07) is 4.94. The first kappa shape index (κ1) is 13.9. The minimum atomic E-state index is 0.582. The quantitative estimate of drug-likeness (QED) is 0.761. The van der Waals surface area contributed by atoms with Gasteiger partial charge in [0.2, 0.25) is 0 Å². The van der Waals surface area contributed by atoms with Gasteiger partial charge in [0.15, 0.2) is 0 Å². The molecule has 0 saturated carbocycles. The first-order chi connectivity index (χ1) is 8.72. The van der Waals surface area contributed by atoms with Crippen molar-refractivity contribution in [3.63, 3.8) is 0 Å². The standard InChI is InChI=1S/C15H24N2S/c1-4-17-11-6-5-9-14(17)13-8-7-10-16-15(13)18-12(2)3/h7-8,10,12,14H,4-6,9,11H2,1-3H3/t14-/m1/s1. The zero-order valence-corrected chi connectivity index (χ0v) is 12.5. The Labute approximate surface area is 115 Å². The predicted octanol–water partition coefficient (Wildman–Crippen LogP) is 4.13. The van der Waals surface area contributed by atoms with Crippen molar-refractivity contribution in [1.29, 1.82) is 0 Å². The number of likely N-dealkylation sites (tertiary alicyclic amines) is 1. The molecule has 18 heavy (non-hydrogen) atoms. The van der Waals surface area contributed by atoms with Crippen molar-refractivity contribution in [2.75, 3.05) is 13.1 Å². The number of hydrogen-bond donors (Lipinski definition) is 0. The molecule has 0 unspecified atom stereocenters. The Bertz CT molecular complexity index is 379. The molecular formula is C15H24N2S. The zero-order valence-electron chi connectivity index (χ0n) is 11.7. The Balaban J connectivity index is 2.24. The van der Waals surface area contributed by atoms with Gasteiger partial charge >= 0.3 is 0 Å². The topological polar surface area (TPSA) is 16.1 Å². The summed E-state index contributed by atoms with van der Waals surface area (Å²) >= 11 is 1.89. The number of piperidine rings is 1. The van der Waals surface area contributed by atoms with Crippen LogP contribution in [0.2, 0.25) is 0 Å². The van der Waals surface area contributed by atoms with Crippen LogP contribution in [0, 0.1) is 0 Å². The van der Waals surface area contributed by atoms with E-state index in [-0.39, 0.29) is 0 Å². The third kappa shape index (κ3) is 3.27. The molecule has 1 aromatic rings. The van der Waals surface area contributed by atoms with Gasteiger partial charge in [0.05, 0.1) is 0 Å². The Hall–Kier alpha value is -0.540. The molecule has 1 aliphatic rings. The van der Waals surface area contributed by atoms with Crippen LogP contribution in [0.15, 0.2) is 23.4 Å². The van der Waals surface area contributed by atoms with Crippen molar-refractivity contribution in [3.8, 4) is 0 Å². The summed E-state index contributed by atoms with van der Waals surface area (Å²) in [5.41, 5.74) is 1.44. The van der Waals surface area contributed by atoms with Gasteiger partial charge in [-0.05, 0) is 32.0 Å². The average Bonchev–Trinajstić information content (AvgIpc) is 2.39. The lowest BCUT2D eigenvalue weighted by Gasteiger charge is -2.35. The molecule has 0 amide bonds. The van der Waals surface area contributed by atoms with E-state index in [1.54, 1.807) is 0 Å². The fourth-order valence-electron chi connectivity index (χ4n) is 2.70. The summed E-state index contributed by atoms with van der Waals surface area (Å²) in [5.74, 6) is 0. The molecule has 0 spiro atoms. The molecule has 2 heterocycles. The molecule has 0 N–H and O–H groups in total. The summed E-state index contributed by atoms with van der Waals surface area (Å²) in [4.78, 5) is 7.20. The van der Waals surface area contributed by atoms with E-state index in [0.29, 0.717) is 11.3 Å². The maximum Gasteiger partial charge on any atom is 0.101 e. The highest BCUT2D eigenvalue weighted by atomic mass is 32.2. The molecule has 0 aliphatic carbocycles. The number of nitrogens with zero attached hydrogens (tertiary/aromatic N) is 2. The van der Waals surface area contributed by atoms with E-state index in [9.17, 15) is 0 Å². The summed E-state index contributed by atoms with van der Waals surface area (Å²) in [6.45, 7) is 9.13. The molecule has 0 radical (unpaired) electrons. The summed E-state index contributed by atoms with van der Waals surface area (Å²) in [6.07, 6.45) is 5.90. The van der Waals surface area contributed by atoms with E-state index in [1.165, 1.54) is 36.4 Å². The second-order valence-electron chi connectivity index (χ2n) is 5.20. The lowest BCUT2D eigenvalue weighted by molar-refractivity contribution is 0.154. The van der Waals surface area contributed by atoms with Crippen LogP contribution in [0.25, 0.3) is 0 Å². The molecule has 1 aliphatic heterocycles. The highest BCUT2D eigenvalue weighted by Gasteiger charge is 2.25. The van der Waals surface area contributed by atoms with Gasteiger partial charge in [-0.25, -0.2) is 4.98 Å². The Morgan fingerprint density at radius 1 is 1.44 bits per heavy atom. The first-order valence-corrected chi connectivity index (χ1v) is 7.96. The van der Waals surface area contributed by atoms with Gasteiger partial charge in [-0.3, -0.25) is 4.90 Å². The predicted molar refractivity (Wildman–Crippen MR) is 79.1 cm³/mol. The van der Waals surface area contributed by atoms with E-state index < -0.39 is 0 Å². The Morgan fingerprint density at radius 2 is 2.28 bits per heavy atom. The van der Waals surface area contributed by atoms with E-state index in [1.807, 2.05) is 18.0 Å². The van der Waals surface area contributed by atoms with Crippen LogP contribution in [0.3, 0.4) is 0 Å². The number of rotatable bonds is 4. The zero-order chi connectivity index (χ0) is 13.0. The van der Waals surface area contributed by atoms with E-state index in [0.717, 1.165) is 6.54 Å². The monoisotopic (exact) mass is 264 g/mol. The van der Waals surface area contributed by atoms with Gasteiger partial charge in [-0.2, -0.15) is 0 Å². The molecular weight excluding hydrogens is 240 g/mol. The maximum atomic E-state index is 4.60. The van der Waals surface area contributed by atoms with Crippen LogP contribution >= 0.6 is 11.8 Å². The lowest BCUT2D eigenvalue weighted by Crippen LogP contribution is -2.33. The van der Waals surface area contributed by atoms with Gasteiger partial charge in [0.1, 0.15) is 5.03 Å². The molecule has 3 heteroatoms. The van der Waals surface area contributed by atoms with Gasteiger partial charge in [-0.1, -0.05) is 33.3 Å². The molecule has 0 aromatic carbocycles. The van der Waals surface area contributed by atoms with Crippen LogP contribution in [-0.4, -0.2) is 28.2 Å². The number of hydrogen-bond acceptors (Lipinski definition) is 3. The largest absolute Gasteiger partial charge is 0.297 e. The van der Waals surface area contributed by atoms with Crippen LogP contribution in [0.1, 0.15) is 51.6 Å². The average molecular weight is 264 g/mol. The SMILES string of the molecule is CCN1CCCC[C@@H]1c1cccnc1SC(C)C. The van der Waals surface area contributed by atoms with Crippen LogP contribution in [0.4, 0.5) is 0 Å². The fourth-order valence-corrected chi connectivity index (χ4v) is 3.61. The molecule has 1 fully saturated rings. The highest BCUT2D eigenvalue weighted by molar-refractivity contribution is 7.99.